The monoisotopic (exact) mass is 721 g/mol. The summed E-state index contributed by atoms with van der Waals surface area (Å²) < 4.78 is 19.9. The molecule has 0 saturated carbocycles. The van der Waals surface area contributed by atoms with Gasteiger partial charge in [0.15, 0.2) is 0 Å². The Morgan fingerprint density at radius 3 is 2.19 bits per heavy atom. The van der Waals surface area contributed by atoms with E-state index in [2.05, 4.69) is 15.5 Å². The molecular formula is C40H56FN5O6. The zero-order valence-corrected chi connectivity index (χ0v) is 31.7. The number of aliphatic hydroxyl groups excluding tert-OH is 1. The van der Waals surface area contributed by atoms with Crippen LogP contribution in [0.5, 0.6) is 0 Å². The van der Waals surface area contributed by atoms with E-state index in [4.69, 9.17) is 4.74 Å². The van der Waals surface area contributed by atoms with E-state index in [1.165, 1.54) is 11.0 Å². The van der Waals surface area contributed by atoms with Gasteiger partial charge in [-0.05, 0) is 88.1 Å². The van der Waals surface area contributed by atoms with Gasteiger partial charge in [-0.2, -0.15) is 0 Å². The fourth-order valence-electron chi connectivity index (χ4n) is 7.58. The lowest BCUT2D eigenvalue weighted by Crippen LogP contribution is -2.59. The van der Waals surface area contributed by atoms with Crippen LogP contribution in [0.4, 0.5) is 9.18 Å². The molecule has 3 aliphatic heterocycles. The number of ether oxygens (including phenoxy) is 1. The van der Waals surface area contributed by atoms with E-state index in [9.17, 15) is 28.7 Å². The van der Waals surface area contributed by atoms with Gasteiger partial charge in [-0.3, -0.25) is 19.3 Å². The van der Waals surface area contributed by atoms with Crippen LogP contribution in [0.3, 0.4) is 0 Å². The van der Waals surface area contributed by atoms with Crippen molar-refractivity contribution in [1.29, 1.82) is 0 Å². The molecule has 3 heterocycles. The third kappa shape index (κ3) is 9.49. The second kappa shape index (κ2) is 15.5. The van der Waals surface area contributed by atoms with Gasteiger partial charge < -0.3 is 30.3 Å². The van der Waals surface area contributed by atoms with Crippen LogP contribution in [-0.4, -0.2) is 107 Å². The van der Waals surface area contributed by atoms with Crippen LogP contribution in [-0.2, 0) is 19.1 Å². The summed E-state index contributed by atoms with van der Waals surface area (Å²) in [7, 11) is 0. The van der Waals surface area contributed by atoms with Gasteiger partial charge in [0.2, 0.25) is 17.7 Å². The number of benzene rings is 2. The van der Waals surface area contributed by atoms with Gasteiger partial charge in [0.05, 0.1) is 18.7 Å². The number of piperidine rings is 1. The van der Waals surface area contributed by atoms with Crippen LogP contribution >= 0.6 is 0 Å². The minimum atomic E-state index is -0.919. The van der Waals surface area contributed by atoms with E-state index in [1.54, 1.807) is 35.2 Å². The number of nitrogens with zero attached hydrogens (tertiary/aromatic N) is 3. The molecule has 11 nitrogen and oxygen atoms in total. The highest BCUT2D eigenvalue weighted by Gasteiger charge is 2.46. The maximum absolute atomic E-state index is 14.3. The van der Waals surface area contributed by atoms with E-state index in [-0.39, 0.29) is 42.7 Å². The van der Waals surface area contributed by atoms with Crippen molar-refractivity contribution >= 4 is 23.8 Å². The Morgan fingerprint density at radius 2 is 1.58 bits per heavy atom. The van der Waals surface area contributed by atoms with E-state index in [1.807, 2.05) is 60.6 Å². The third-order valence-corrected chi connectivity index (χ3v) is 10.6. The van der Waals surface area contributed by atoms with Crippen molar-refractivity contribution in [3.8, 4) is 11.1 Å². The van der Waals surface area contributed by atoms with Crippen LogP contribution in [0.1, 0.15) is 85.8 Å². The van der Waals surface area contributed by atoms with Crippen molar-refractivity contribution in [2.75, 3.05) is 39.3 Å². The summed E-state index contributed by atoms with van der Waals surface area (Å²) in [6.45, 7) is 15.9. The minimum absolute atomic E-state index is 0.0143. The summed E-state index contributed by atoms with van der Waals surface area (Å²) in [6, 6.07) is 11.6. The summed E-state index contributed by atoms with van der Waals surface area (Å²) in [5.74, 6) is -1.40. The number of amides is 4. The lowest BCUT2D eigenvalue weighted by Gasteiger charge is -2.39. The second-order valence-corrected chi connectivity index (χ2v) is 17.0. The number of rotatable bonds is 8. The zero-order chi connectivity index (χ0) is 38.0. The molecule has 0 aromatic heterocycles. The van der Waals surface area contributed by atoms with Gasteiger partial charge in [0.1, 0.15) is 23.5 Å². The number of halogens is 1. The molecule has 3 N–H and O–H groups in total. The number of hydrogen-bond donors (Lipinski definition) is 3. The Kier molecular flexibility index (Phi) is 11.7. The van der Waals surface area contributed by atoms with Crippen LogP contribution in [0, 0.1) is 16.6 Å². The summed E-state index contributed by atoms with van der Waals surface area (Å²) >= 11 is 0. The molecule has 12 heteroatoms. The van der Waals surface area contributed by atoms with Crippen LogP contribution in [0.25, 0.3) is 11.1 Å². The lowest BCUT2D eigenvalue weighted by molar-refractivity contribution is -0.144. The molecule has 4 atom stereocenters. The molecule has 3 saturated heterocycles. The molecule has 4 amide bonds. The molecule has 2 aromatic rings. The first kappa shape index (κ1) is 39.2. The predicted molar refractivity (Wildman–Crippen MR) is 196 cm³/mol. The molecule has 5 rings (SSSR count). The van der Waals surface area contributed by atoms with Gasteiger partial charge >= 0.3 is 6.09 Å². The topological polar surface area (TPSA) is 132 Å². The number of hydrogen-bond acceptors (Lipinski definition) is 7. The van der Waals surface area contributed by atoms with Gasteiger partial charge in [0, 0.05) is 31.6 Å². The van der Waals surface area contributed by atoms with E-state index in [0.717, 1.165) is 30.4 Å². The normalized spacial score (nSPS) is 21.9. The maximum atomic E-state index is 14.3. The first-order valence-corrected chi connectivity index (χ1v) is 18.5. The first-order chi connectivity index (χ1) is 24.3. The highest BCUT2D eigenvalue weighted by atomic mass is 19.1. The summed E-state index contributed by atoms with van der Waals surface area (Å²) in [4.78, 5) is 59.1. The molecule has 52 heavy (non-hydrogen) atoms. The molecule has 3 fully saturated rings. The highest BCUT2D eigenvalue weighted by Crippen LogP contribution is 2.41. The number of carbonyl (C=O) groups excluding carboxylic acids is 4. The number of β-amino-alcohol motifs (C(OH)–C–C–N with tert-alkyl or cyclic N) is 1. The zero-order valence-electron chi connectivity index (χ0n) is 31.7. The Morgan fingerprint density at radius 1 is 0.942 bits per heavy atom. The summed E-state index contributed by atoms with van der Waals surface area (Å²) in [6.07, 6.45) is 1.55. The Labute approximate surface area is 307 Å². The van der Waals surface area contributed by atoms with Crippen LogP contribution < -0.4 is 10.6 Å². The van der Waals surface area contributed by atoms with Gasteiger partial charge in [-0.1, -0.05) is 63.2 Å². The highest BCUT2D eigenvalue weighted by molar-refractivity contribution is 5.93. The minimum Gasteiger partial charge on any atom is -0.444 e. The van der Waals surface area contributed by atoms with Crippen molar-refractivity contribution in [2.24, 2.45) is 10.8 Å². The van der Waals surface area contributed by atoms with Crippen molar-refractivity contribution in [1.82, 2.24) is 25.3 Å². The first-order valence-electron chi connectivity index (χ1n) is 18.5. The van der Waals surface area contributed by atoms with E-state index >= 15 is 0 Å². The number of nitrogens with one attached hydrogen (secondary N) is 2. The van der Waals surface area contributed by atoms with Crippen molar-refractivity contribution in [3.63, 3.8) is 0 Å². The molecule has 284 valence electrons. The van der Waals surface area contributed by atoms with Crippen molar-refractivity contribution in [3.05, 3.63) is 59.9 Å². The van der Waals surface area contributed by atoms with Crippen LogP contribution in [0.2, 0.25) is 0 Å². The van der Waals surface area contributed by atoms with Crippen molar-refractivity contribution in [2.45, 2.75) is 104 Å². The summed E-state index contributed by atoms with van der Waals surface area (Å²) in [5.41, 5.74) is 0.814. The predicted octanol–water partition coefficient (Wildman–Crippen LogP) is 4.89. The fraction of sp³-hybridized carbons (Fsp3) is 0.600. The third-order valence-electron chi connectivity index (χ3n) is 10.6. The smallest absolute Gasteiger partial charge is 0.410 e. The molecule has 3 aliphatic rings. The van der Waals surface area contributed by atoms with Gasteiger partial charge in [-0.25, -0.2) is 9.18 Å². The molecule has 0 aliphatic carbocycles. The molecule has 0 bridgehead atoms. The number of carbonyl (C=O) groups is 4. The second-order valence-electron chi connectivity index (χ2n) is 17.0. The molecule has 0 unspecified atom stereocenters. The average Bonchev–Trinajstić information content (AvgIpc) is 3.67. The van der Waals surface area contributed by atoms with E-state index < -0.39 is 47.1 Å². The lowest BCUT2D eigenvalue weighted by atomic mass is 9.78. The fourth-order valence-corrected chi connectivity index (χ4v) is 7.58. The number of likely N-dealkylation sites (tertiary alicyclic amines) is 3. The largest absolute Gasteiger partial charge is 0.444 e. The van der Waals surface area contributed by atoms with Crippen LogP contribution in [0.15, 0.2) is 48.5 Å². The Bertz CT molecular complexity index is 1610. The molecule has 1 spiro atoms. The molecule has 0 radical (unpaired) electrons. The standard InChI is InChI=1S/C40H56FN5O6/c1-26(27-12-14-28(15-13-27)30-10-8-9-11-31(30)41)42-35(49)32-22-29(47)23-46(32)36(50)34(38(2,3)4)43-33(48)24-44-19-16-40(17-20-44)18-21-45(25-40)37(51)52-39(5,6)7/h8-15,26,29,32,34,47H,16-25H2,1-7H3,(H,42,49)(H,43,48)/t26-,29+,32-,34+/m0/s1. The van der Waals surface area contributed by atoms with Crippen molar-refractivity contribution < 1.29 is 33.4 Å². The Balaban J connectivity index is 1.16. The maximum Gasteiger partial charge on any atom is 0.410 e. The quantitative estimate of drug-likeness (QED) is 0.354. The molecule has 2 aromatic carbocycles. The average molecular weight is 722 g/mol. The van der Waals surface area contributed by atoms with Gasteiger partial charge in [0.25, 0.3) is 0 Å². The van der Waals surface area contributed by atoms with E-state index in [0.29, 0.717) is 31.7 Å². The van der Waals surface area contributed by atoms with Gasteiger partial charge in [-0.15, -0.1) is 0 Å². The summed E-state index contributed by atoms with van der Waals surface area (Å²) in [5, 5.41) is 16.6. The Hall–Kier alpha value is -4.03. The number of aliphatic hydroxyl groups is 1. The SMILES string of the molecule is C[C@H](NC(=O)[C@@H]1C[C@@H](O)CN1C(=O)[C@@H](NC(=O)CN1CCC2(CC1)CCN(C(=O)OC(C)(C)C)C2)C(C)(C)C)c1ccc(-c2ccccc2F)cc1. The molecular weight excluding hydrogens is 665 g/mol.